The molecular weight excluding hydrogens is 419 g/mol. The number of hydrogen-bond donors (Lipinski definition) is 0. The summed E-state index contributed by atoms with van der Waals surface area (Å²) in [5.74, 6) is 0. The Bertz CT molecular complexity index is 836. The summed E-state index contributed by atoms with van der Waals surface area (Å²) in [4.78, 5) is 3.57. The van der Waals surface area contributed by atoms with E-state index in [0.29, 0.717) is 10.0 Å². The average molecular weight is 440 g/mol. The smallest absolute Gasteiger partial charge is 0.0680 e. The van der Waals surface area contributed by atoms with Gasteiger partial charge in [0.1, 0.15) is 0 Å². The summed E-state index contributed by atoms with van der Waals surface area (Å²) < 4.78 is 2.38. The minimum Gasteiger partial charge on any atom is -0.361 e. The summed E-state index contributed by atoms with van der Waals surface area (Å²) in [7, 11) is 0. The van der Waals surface area contributed by atoms with Gasteiger partial charge in [0.05, 0.1) is 16.8 Å². The Hall–Kier alpha value is -1.10. The zero-order valence-corrected chi connectivity index (χ0v) is 18.1. The Labute approximate surface area is 180 Å². The van der Waals surface area contributed by atoms with E-state index in [1.807, 2.05) is 36.4 Å². The first-order chi connectivity index (χ1) is 13.0. The molecule has 0 N–H and O–H groups in total. The van der Waals surface area contributed by atoms with Crippen molar-refractivity contribution in [3.05, 3.63) is 86.7 Å². The molecule has 3 rings (SSSR count). The van der Waals surface area contributed by atoms with E-state index < -0.39 is 0 Å². The van der Waals surface area contributed by atoms with E-state index in [1.165, 1.54) is 10.5 Å². The van der Waals surface area contributed by atoms with Gasteiger partial charge in [-0.2, -0.15) is 0 Å². The van der Waals surface area contributed by atoms with Crippen molar-refractivity contribution in [2.24, 2.45) is 0 Å². The van der Waals surface area contributed by atoms with Crippen LogP contribution in [0.25, 0.3) is 0 Å². The van der Waals surface area contributed by atoms with E-state index in [4.69, 9.17) is 34.8 Å². The number of benzene rings is 2. The number of halogens is 3. The van der Waals surface area contributed by atoms with Crippen LogP contribution in [-0.4, -0.2) is 23.9 Å². The normalized spacial score (nSPS) is 18.6. The fraction of sp³-hybridized carbons (Fsp3) is 0.238. The third-order valence-corrected chi connectivity index (χ3v) is 6.25. The van der Waals surface area contributed by atoms with Gasteiger partial charge in [-0.15, -0.1) is 0 Å². The summed E-state index contributed by atoms with van der Waals surface area (Å²) in [6.45, 7) is 8.54. The number of nitrogens with zero attached hydrogens (tertiary/aromatic N) is 2. The largest absolute Gasteiger partial charge is 0.361 e. The molecule has 2 aromatic rings. The van der Waals surface area contributed by atoms with Crippen LogP contribution >= 0.6 is 46.8 Å². The predicted octanol–water partition coefficient (Wildman–Crippen LogP) is 7.25. The molecule has 0 radical (unpaired) electrons. The molecule has 1 aliphatic heterocycles. The summed E-state index contributed by atoms with van der Waals surface area (Å²) >= 11 is 20.5. The van der Waals surface area contributed by atoms with E-state index >= 15 is 0 Å². The predicted molar refractivity (Wildman–Crippen MR) is 121 cm³/mol. The van der Waals surface area contributed by atoms with Crippen LogP contribution in [0.2, 0.25) is 15.1 Å². The van der Waals surface area contributed by atoms with Gasteiger partial charge in [-0.3, -0.25) is 0 Å². The quantitative estimate of drug-likeness (QED) is 0.358. The summed E-state index contributed by atoms with van der Waals surface area (Å²) in [5, 5.41) is 2.05. The van der Waals surface area contributed by atoms with Gasteiger partial charge in [-0.25, -0.2) is 4.31 Å². The summed E-state index contributed by atoms with van der Waals surface area (Å²) in [6, 6.07) is 13.9. The zero-order valence-electron chi connectivity index (χ0n) is 15.0. The molecule has 1 saturated heterocycles. The molecule has 1 unspecified atom stereocenters. The van der Waals surface area contributed by atoms with Crippen LogP contribution in [0.3, 0.4) is 0 Å². The van der Waals surface area contributed by atoms with E-state index in [-0.39, 0.29) is 6.04 Å². The number of allylic oxidation sites excluding steroid dienone is 3. The lowest BCUT2D eigenvalue weighted by Gasteiger charge is -2.43. The van der Waals surface area contributed by atoms with Crippen LogP contribution in [-0.2, 0) is 0 Å². The van der Waals surface area contributed by atoms with E-state index in [2.05, 4.69) is 34.8 Å². The first-order valence-corrected chi connectivity index (χ1v) is 10.6. The molecule has 1 atom stereocenters. The number of hydrogen-bond acceptors (Lipinski definition) is 3. The Morgan fingerprint density at radius 1 is 1.07 bits per heavy atom. The molecule has 0 amide bonds. The Morgan fingerprint density at radius 2 is 1.78 bits per heavy atom. The van der Waals surface area contributed by atoms with Crippen molar-refractivity contribution in [3.8, 4) is 0 Å². The first kappa shape index (κ1) is 20.6. The highest BCUT2D eigenvalue weighted by Gasteiger charge is 2.30. The second-order valence-corrected chi connectivity index (χ2v) is 8.97. The SMILES string of the molecule is C=C/C=C(\C)SN1CCN(c2ccc(Cl)cc2Cl)C(c2ccc(Cl)cc2)C1. The Morgan fingerprint density at radius 3 is 2.44 bits per heavy atom. The van der Waals surface area contributed by atoms with Crippen LogP contribution in [0.5, 0.6) is 0 Å². The fourth-order valence-electron chi connectivity index (χ4n) is 3.21. The third-order valence-electron chi connectivity index (χ3n) is 4.44. The van der Waals surface area contributed by atoms with Crippen LogP contribution in [0.4, 0.5) is 5.69 Å². The first-order valence-electron chi connectivity index (χ1n) is 8.67. The highest BCUT2D eigenvalue weighted by Crippen LogP contribution is 2.38. The van der Waals surface area contributed by atoms with Gasteiger partial charge in [-0.05, 0) is 59.7 Å². The maximum Gasteiger partial charge on any atom is 0.0680 e. The zero-order chi connectivity index (χ0) is 19.4. The van der Waals surface area contributed by atoms with Crippen LogP contribution in [0, 0.1) is 0 Å². The molecule has 27 heavy (non-hydrogen) atoms. The molecule has 1 heterocycles. The maximum atomic E-state index is 6.52. The highest BCUT2D eigenvalue weighted by atomic mass is 35.5. The van der Waals surface area contributed by atoms with E-state index in [9.17, 15) is 0 Å². The second-order valence-electron chi connectivity index (χ2n) is 6.35. The molecule has 2 aromatic carbocycles. The van der Waals surface area contributed by atoms with Gasteiger partial charge in [0.15, 0.2) is 0 Å². The standard InChI is InChI=1S/C21H21Cl3N2S/c1-3-4-15(2)27-25-11-12-26(20-10-9-18(23)13-19(20)24)21(14-25)16-5-7-17(22)8-6-16/h3-10,13,21H,1,11-12,14H2,2H3/b15-4+. The molecule has 6 heteroatoms. The third kappa shape index (κ3) is 5.24. The molecule has 0 spiro atoms. The second kappa shape index (κ2) is 9.40. The fourth-order valence-corrected chi connectivity index (χ4v) is 4.81. The van der Waals surface area contributed by atoms with Gasteiger partial charge in [0, 0.05) is 29.7 Å². The van der Waals surface area contributed by atoms with Crippen molar-refractivity contribution >= 4 is 52.4 Å². The molecule has 2 nitrogen and oxygen atoms in total. The van der Waals surface area contributed by atoms with Gasteiger partial charge >= 0.3 is 0 Å². The van der Waals surface area contributed by atoms with E-state index in [1.54, 1.807) is 18.0 Å². The van der Waals surface area contributed by atoms with Crippen LogP contribution in [0.1, 0.15) is 18.5 Å². The number of anilines is 1. The molecule has 0 bridgehead atoms. The van der Waals surface area contributed by atoms with Crippen molar-refractivity contribution in [2.75, 3.05) is 24.5 Å². The lowest BCUT2D eigenvalue weighted by atomic mass is 10.0. The van der Waals surface area contributed by atoms with Crippen molar-refractivity contribution < 1.29 is 0 Å². The monoisotopic (exact) mass is 438 g/mol. The summed E-state index contributed by atoms with van der Waals surface area (Å²) in [6.07, 6.45) is 3.85. The number of piperazine rings is 1. The minimum absolute atomic E-state index is 0.165. The summed E-state index contributed by atoms with van der Waals surface area (Å²) in [5.41, 5.74) is 2.21. The Balaban J connectivity index is 1.91. The van der Waals surface area contributed by atoms with Crippen molar-refractivity contribution in [1.82, 2.24) is 4.31 Å². The topological polar surface area (TPSA) is 6.48 Å². The van der Waals surface area contributed by atoms with Gasteiger partial charge in [0.25, 0.3) is 0 Å². The molecule has 0 aromatic heterocycles. The Kier molecular flexibility index (Phi) is 7.18. The van der Waals surface area contributed by atoms with Crippen molar-refractivity contribution in [1.29, 1.82) is 0 Å². The van der Waals surface area contributed by atoms with Crippen LogP contribution in [0.15, 0.2) is 66.1 Å². The lowest BCUT2D eigenvalue weighted by molar-refractivity contribution is 0.367. The van der Waals surface area contributed by atoms with E-state index in [0.717, 1.165) is 30.3 Å². The maximum absolute atomic E-state index is 6.52. The molecule has 142 valence electrons. The minimum atomic E-state index is 0.165. The van der Waals surface area contributed by atoms with Crippen LogP contribution < -0.4 is 4.90 Å². The molecule has 1 aliphatic rings. The van der Waals surface area contributed by atoms with Gasteiger partial charge in [-0.1, -0.05) is 65.7 Å². The molecular formula is C21H21Cl3N2S. The van der Waals surface area contributed by atoms with Crippen molar-refractivity contribution in [3.63, 3.8) is 0 Å². The molecule has 0 aliphatic carbocycles. The van der Waals surface area contributed by atoms with Crippen molar-refractivity contribution in [2.45, 2.75) is 13.0 Å². The van der Waals surface area contributed by atoms with Gasteiger partial charge in [0.2, 0.25) is 0 Å². The molecule has 1 fully saturated rings. The average Bonchev–Trinajstić information content (AvgIpc) is 2.63. The molecule has 0 saturated carbocycles. The van der Waals surface area contributed by atoms with Gasteiger partial charge < -0.3 is 4.90 Å². The number of rotatable bonds is 5. The highest BCUT2D eigenvalue weighted by molar-refractivity contribution is 8.00. The lowest BCUT2D eigenvalue weighted by Crippen LogP contribution is -2.46.